The van der Waals surface area contributed by atoms with Gasteiger partial charge in [0.2, 0.25) is 0 Å². The first-order chi connectivity index (χ1) is 13.7. The molecule has 7 nitrogen and oxygen atoms in total. The van der Waals surface area contributed by atoms with Crippen molar-refractivity contribution in [2.75, 3.05) is 33.8 Å². The average molecular weight is 532 g/mol. The van der Waals surface area contributed by atoms with Crippen LogP contribution in [0.3, 0.4) is 0 Å². The van der Waals surface area contributed by atoms with Crippen LogP contribution in [-0.2, 0) is 11.3 Å². The van der Waals surface area contributed by atoms with Crippen LogP contribution in [0.25, 0.3) is 0 Å². The molecule has 2 rings (SSSR count). The summed E-state index contributed by atoms with van der Waals surface area (Å²) in [6.45, 7) is 10.6. The number of guanidine groups is 1. The molecule has 1 unspecified atom stereocenters. The number of methoxy groups -OCH3 is 1. The SMILES string of the molecule is CN=C(NCc1ccc(C)cc1OC)NCC1CCCN(C(=O)OC(C)(C)C)C1.I. The number of halogens is 1. The van der Waals surface area contributed by atoms with E-state index >= 15 is 0 Å². The van der Waals surface area contributed by atoms with E-state index in [-0.39, 0.29) is 30.1 Å². The van der Waals surface area contributed by atoms with Crippen LogP contribution in [0.15, 0.2) is 23.2 Å². The molecule has 0 bridgehead atoms. The number of carbonyl (C=O) groups is 1. The summed E-state index contributed by atoms with van der Waals surface area (Å²) >= 11 is 0. The molecular formula is C22H37IN4O3. The zero-order valence-corrected chi connectivity index (χ0v) is 21.4. The van der Waals surface area contributed by atoms with Gasteiger partial charge in [0, 0.05) is 38.8 Å². The number of rotatable bonds is 5. The summed E-state index contributed by atoms with van der Waals surface area (Å²) in [6.07, 6.45) is 1.84. The quantitative estimate of drug-likeness (QED) is 0.342. The normalized spacial score (nSPS) is 17.1. The average Bonchev–Trinajstić information content (AvgIpc) is 2.67. The maximum Gasteiger partial charge on any atom is 0.410 e. The molecule has 1 aromatic carbocycles. The van der Waals surface area contributed by atoms with Crippen LogP contribution < -0.4 is 15.4 Å². The molecule has 30 heavy (non-hydrogen) atoms. The van der Waals surface area contributed by atoms with Gasteiger partial charge in [0.25, 0.3) is 0 Å². The van der Waals surface area contributed by atoms with Gasteiger partial charge in [-0.25, -0.2) is 4.79 Å². The van der Waals surface area contributed by atoms with Gasteiger partial charge < -0.3 is 25.0 Å². The zero-order chi connectivity index (χ0) is 21.4. The Morgan fingerprint density at radius 3 is 2.67 bits per heavy atom. The Morgan fingerprint density at radius 2 is 2.03 bits per heavy atom. The summed E-state index contributed by atoms with van der Waals surface area (Å²) in [5, 5.41) is 6.72. The Bertz CT molecular complexity index is 719. The smallest absolute Gasteiger partial charge is 0.410 e. The van der Waals surface area contributed by atoms with E-state index in [1.54, 1.807) is 14.2 Å². The number of likely N-dealkylation sites (tertiary alicyclic amines) is 1. The maximum absolute atomic E-state index is 12.3. The standard InChI is InChI=1S/C22H36N4O3.HI/c1-16-9-10-18(19(12-16)28-6)14-25-20(23-5)24-13-17-8-7-11-26(15-17)21(27)29-22(2,3)4;/h9-10,12,17H,7-8,11,13-15H2,1-6H3,(H2,23,24,25);1H. The van der Waals surface area contributed by atoms with Gasteiger partial charge in [-0.1, -0.05) is 12.1 Å². The van der Waals surface area contributed by atoms with E-state index < -0.39 is 5.60 Å². The van der Waals surface area contributed by atoms with E-state index in [4.69, 9.17) is 9.47 Å². The molecule has 8 heteroatoms. The molecule has 2 N–H and O–H groups in total. The van der Waals surface area contributed by atoms with Crippen LogP contribution >= 0.6 is 24.0 Å². The van der Waals surface area contributed by atoms with Crippen molar-refractivity contribution in [2.45, 2.75) is 52.7 Å². The van der Waals surface area contributed by atoms with Gasteiger partial charge in [-0.15, -0.1) is 24.0 Å². The molecule has 1 atom stereocenters. The van der Waals surface area contributed by atoms with Gasteiger partial charge in [-0.2, -0.15) is 0 Å². The Morgan fingerprint density at radius 1 is 1.30 bits per heavy atom. The highest BCUT2D eigenvalue weighted by Gasteiger charge is 2.27. The van der Waals surface area contributed by atoms with Crippen LogP contribution in [0.4, 0.5) is 4.79 Å². The van der Waals surface area contributed by atoms with E-state index in [0.717, 1.165) is 43.2 Å². The van der Waals surface area contributed by atoms with Gasteiger partial charge in [0.1, 0.15) is 11.4 Å². The van der Waals surface area contributed by atoms with Crippen LogP contribution in [0, 0.1) is 12.8 Å². The molecule has 170 valence electrons. The van der Waals surface area contributed by atoms with Gasteiger partial charge >= 0.3 is 6.09 Å². The molecule has 0 spiro atoms. The second-order valence-electron chi connectivity index (χ2n) is 8.56. The highest BCUT2D eigenvalue weighted by Crippen LogP contribution is 2.20. The number of hydrogen-bond acceptors (Lipinski definition) is 4. The Balaban J connectivity index is 0.00000450. The number of nitrogens with one attached hydrogen (secondary N) is 2. The summed E-state index contributed by atoms with van der Waals surface area (Å²) < 4.78 is 11.0. The predicted octanol–water partition coefficient (Wildman–Crippen LogP) is 3.93. The third kappa shape index (κ3) is 8.57. The van der Waals surface area contributed by atoms with Crippen molar-refractivity contribution in [3.63, 3.8) is 0 Å². The third-order valence-corrected chi connectivity index (χ3v) is 4.84. The van der Waals surface area contributed by atoms with Crippen LogP contribution in [-0.4, -0.2) is 56.3 Å². The lowest BCUT2D eigenvalue weighted by Gasteiger charge is -2.34. The lowest BCUT2D eigenvalue weighted by molar-refractivity contribution is 0.0168. The summed E-state index contributed by atoms with van der Waals surface area (Å²) in [7, 11) is 3.44. The maximum atomic E-state index is 12.3. The molecule has 1 fully saturated rings. The predicted molar refractivity (Wildman–Crippen MR) is 132 cm³/mol. The van der Waals surface area contributed by atoms with Crippen molar-refractivity contribution < 1.29 is 14.3 Å². The van der Waals surface area contributed by atoms with Crippen LogP contribution in [0.5, 0.6) is 5.75 Å². The molecule has 0 radical (unpaired) electrons. The molecule has 1 aliphatic heterocycles. The van der Waals surface area contributed by atoms with E-state index in [2.05, 4.69) is 27.8 Å². The minimum absolute atomic E-state index is 0. The number of amides is 1. The molecule has 1 aliphatic rings. The molecule has 0 aromatic heterocycles. The van der Waals surface area contributed by atoms with Crippen molar-refractivity contribution in [1.29, 1.82) is 0 Å². The first-order valence-electron chi connectivity index (χ1n) is 10.3. The topological polar surface area (TPSA) is 75.2 Å². The molecule has 1 heterocycles. The van der Waals surface area contributed by atoms with Gasteiger partial charge in [0.05, 0.1) is 7.11 Å². The highest BCUT2D eigenvalue weighted by atomic mass is 127. The summed E-state index contributed by atoms with van der Waals surface area (Å²) in [6, 6.07) is 6.16. The summed E-state index contributed by atoms with van der Waals surface area (Å²) in [5.41, 5.74) is 1.78. The molecule has 1 aromatic rings. The van der Waals surface area contributed by atoms with Crippen LogP contribution in [0.1, 0.15) is 44.7 Å². The number of hydrogen-bond donors (Lipinski definition) is 2. The van der Waals surface area contributed by atoms with E-state index in [1.807, 2.05) is 38.7 Å². The summed E-state index contributed by atoms with van der Waals surface area (Å²) in [5.74, 6) is 1.97. The number of aryl methyl sites for hydroxylation is 1. The number of ether oxygens (including phenoxy) is 2. The second kappa shape index (κ2) is 12.2. The Labute approximate surface area is 198 Å². The van der Waals surface area contributed by atoms with E-state index in [0.29, 0.717) is 19.0 Å². The first kappa shape index (κ1) is 26.3. The fourth-order valence-corrected chi connectivity index (χ4v) is 3.36. The fourth-order valence-electron chi connectivity index (χ4n) is 3.36. The minimum Gasteiger partial charge on any atom is -0.496 e. The van der Waals surface area contributed by atoms with Gasteiger partial charge in [0.15, 0.2) is 5.96 Å². The Kier molecular flexibility index (Phi) is 10.7. The monoisotopic (exact) mass is 532 g/mol. The van der Waals surface area contributed by atoms with Gasteiger partial charge in [-0.05, 0) is 58.1 Å². The number of piperidine rings is 1. The lowest BCUT2D eigenvalue weighted by atomic mass is 9.98. The zero-order valence-electron chi connectivity index (χ0n) is 19.1. The summed E-state index contributed by atoms with van der Waals surface area (Å²) in [4.78, 5) is 18.5. The number of nitrogens with zero attached hydrogens (tertiary/aromatic N) is 2. The van der Waals surface area contributed by atoms with Crippen molar-refractivity contribution in [1.82, 2.24) is 15.5 Å². The second-order valence-corrected chi connectivity index (χ2v) is 8.56. The molecule has 0 saturated carbocycles. The van der Waals surface area contributed by atoms with Crippen molar-refractivity contribution in [2.24, 2.45) is 10.9 Å². The number of aliphatic imine (C=N–C) groups is 1. The molecule has 0 aliphatic carbocycles. The third-order valence-electron chi connectivity index (χ3n) is 4.84. The fraction of sp³-hybridized carbons (Fsp3) is 0.636. The van der Waals surface area contributed by atoms with Crippen molar-refractivity contribution >= 4 is 36.0 Å². The highest BCUT2D eigenvalue weighted by molar-refractivity contribution is 14.0. The molecule has 1 saturated heterocycles. The van der Waals surface area contributed by atoms with E-state index in [9.17, 15) is 4.79 Å². The van der Waals surface area contributed by atoms with E-state index in [1.165, 1.54) is 5.56 Å². The lowest BCUT2D eigenvalue weighted by Crippen LogP contribution is -2.47. The number of benzene rings is 1. The van der Waals surface area contributed by atoms with Gasteiger partial charge in [-0.3, -0.25) is 4.99 Å². The van der Waals surface area contributed by atoms with Crippen molar-refractivity contribution in [3.05, 3.63) is 29.3 Å². The Hall–Kier alpha value is -1.71. The molecule has 1 amide bonds. The number of carbonyl (C=O) groups excluding carboxylic acids is 1. The van der Waals surface area contributed by atoms with Crippen molar-refractivity contribution in [3.8, 4) is 5.75 Å². The first-order valence-corrected chi connectivity index (χ1v) is 10.3. The largest absolute Gasteiger partial charge is 0.496 e. The minimum atomic E-state index is -0.467. The molecular weight excluding hydrogens is 495 g/mol. The van der Waals surface area contributed by atoms with Crippen LogP contribution in [0.2, 0.25) is 0 Å².